The first-order valence-electron chi connectivity index (χ1n) is 9.82. The van der Waals surface area contributed by atoms with Crippen molar-refractivity contribution >= 4 is 17.5 Å². The summed E-state index contributed by atoms with van der Waals surface area (Å²) >= 11 is 0. The first-order valence-corrected chi connectivity index (χ1v) is 9.82. The lowest BCUT2D eigenvalue weighted by Crippen LogP contribution is -2.56. The fourth-order valence-electron chi connectivity index (χ4n) is 4.12. The zero-order valence-electron chi connectivity index (χ0n) is 15.8. The van der Waals surface area contributed by atoms with E-state index in [4.69, 9.17) is 0 Å². The highest BCUT2D eigenvalue weighted by Crippen LogP contribution is 2.32. The molecule has 4 rings (SSSR count). The quantitative estimate of drug-likeness (QED) is 0.858. The Hall–Kier alpha value is -2.86. The van der Waals surface area contributed by atoms with Crippen molar-refractivity contribution in [3.63, 3.8) is 0 Å². The molecule has 0 aromatic heterocycles. The Morgan fingerprint density at radius 3 is 2.32 bits per heavy atom. The monoisotopic (exact) mass is 379 g/mol. The fraction of sp³-hybridized carbons (Fsp3) is 0.364. The van der Waals surface area contributed by atoms with Gasteiger partial charge in [0.15, 0.2) is 0 Å². The molecular weight excluding hydrogens is 354 g/mol. The van der Waals surface area contributed by atoms with Crippen LogP contribution in [0.1, 0.15) is 24.4 Å². The van der Waals surface area contributed by atoms with Crippen molar-refractivity contribution in [2.24, 2.45) is 5.92 Å². The maximum atomic E-state index is 13.5. The van der Waals surface area contributed by atoms with E-state index >= 15 is 0 Å². The van der Waals surface area contributed by atoms with Crippen LogP contribution in [0.25, 0.3) is 0 Å². The normalized spacial score (nSPS) is 21.0. The van der Waals surface area contributed by atoms with Gasteiger partial charge in [-0.1, -0.05) is 30.3 Å². The summed E-state index contributed by atoms with van der Waals surface area (Å²) in [6, 6.07) is 15.5. The Morgan fingerprint density at radius 1 is 0.964 bits per heavy atom. The molecule has 2 aliphatic heterocycles. The van der Waals surface area contributed by atoms with Gasteiger partial charge in [-0.25, -0.2) is 0 Å². The van der Waals surface area contributed by atoms with E-state index in [-0.39, 0.29) is 23.5 Å². The molecule has 2 N–H and O–H groups in total. The summed E-state index contributed by atoms with van der Waals surface area (Å²) in [4.78, 5) is 30.2. The highest BCUT2D eigenvalue weighted by molar-refractivity contribution is 6.01. The standard InChI is InChI=1S/C22H25N3O3/c26-19-8-6-18(7-9-19)24-14-15-25(21(27)17-10-12-23-13-11-17)20(22(24)28)16-4-2-1-3-5-16/h1-9,17,20,23,26H,10-15H2. The Bertz CT molecular complexity index is 832. The second-order valence-electron chi connectivity index (χ2n) is 7.38. The molecule has 6 nitrogen and oxygen atoms in total. The summed E-state index contributed by atoms with van der Waals surface area (Å²) in [6.45, 7) is 2.63. The van der Waals surface area contributed by atoms with Crippen LogP contribution in [0, 0.1) is 5.92 Å². The minimum Gasteiger partial charge on any atom is -0.508 e. The molecule has 2 fully saturated rings. The van der Waals surface area contributed by atoms with Crippen LogP contribution in [-0.2, 0) is 9.59 Å². The third kappa shape index (κ3) is 3.60. The first-order chi connectivity index (χ1) is 13.6. The van der Waals surface area contributed by atoms with E-state index < -0.39 is 6.04 Å². The number of rotatable bonds is 3. The van der Waals surface area contributed by atoms with Gasteiger partial charge in [-0.05, 0) is 55.8 Å². The van der Waals surface area contributed by atoms with Crippen molar-refractivity contribution in [1.29, 1.82) is 0 Å². The number of benzene rings is 2. The Balaban J connectivity index is 1.65. The minimum atomic E-state index is -0.619. The minimum absolute atomic E-state index is 0.0273. The molecular formula is C22H25N3O3. The number of aromatic hydroxyl groups is 1. The number of piperidine rings is 1. The zero-order valence-corrected chi connectivity index (χ0v) is 15.8. The molecule has 2 amide bonds. The molecule has 28 heavy (non-hydrogen) atoms. The van der Waals surface area contributed by atoms with Gasteiger partial charge in [-0.2, -0.15) is 0 Å². The van der Waals surface area contributed by atoms with Crippen LogP contribution in [0.3, 0.4) is 0 Å². The van der Waals surface area contributed by atoms with Crippen molar-refractivity contribution < 1.29 is 14.7 Å². The smallest absolute Gasteiger partial charge is 0.254 e. The van der Waals surface area contributed by atoms with Crippen LogP contribution in [0.5, 0.6) is 5.75 Å². The zero-order chi connectivity index (χ0) is 19.5. The van der Waals surface area contributed by atoms with Crippen molar-refractivity contribution in [3.8, 4) is 5.75 Å². The van der Waals surface area contributed by atoms with E-state index in [1.807, 2.05) is 30.3 Å². The number of anilines is 1. The van der Waals surface area contributed by atoms with Crippen molar-refractivity contribution in [1.82, 2.24) is 10.2 Å². The number of carbonyl (C=O) groups excluding carboxylic acids is 2. The van der Waals surface area contributed by atoms with Gasteiger partial charge in [0.2, 0.25) is 5.91 Å². The van der Waals surface area contributed by atoms with Gasteiger partial charge in [-0.15, -0.1) is 0 Å². The molecule has 0 spiro atoms. The highest BCUT2D eigenvalue weighted by Gasteiger charge is 2.41. The van der Waals surface area contributed by atoms with Gasteiger partial charge in [0.1, 0.15) is 11.8 Å². The number of nitrogens with one attached hydrogen (secondary N) is 1. The van der Waals surface area contributed by atoms with E-state index in [1.54, 1.807) is 34.1 Å². The molecule has 0 bridgehead atoms. The Labute approximate surface area is 164 Å². The van der Waals surface area contributed by atoms with E-state index in [0.29, 0.717) is 13.1 Å². The average Bonchev–Trinajstić information content (AvgIpc) is 2.75. The van der Waals surface area contributed by atoms with E-state index in [0.717, 1.165) is 37.2 Å². The average molecular weight is 379 g/mol. The van der Waals surface area contributed by atoms with Gasteiger partial charge in [-0.3, -0.25) is 9.59 Å². The largest absolute Gasteiger partial charge is 0.508 e. The predicted octanol–water partition coefficient (Wildman–Crippen LogP) is 2.31. The van der Waals surface area contributed by atoms with E-state index in [2.05, 4.69) is 5.32 Å². The Morgan fingerprint density at radius 2 is 1.64 bits per heavy atom. The SMILES string of the molecule is O=C1C(c2ccccc2)N(C(=O)C2CCNCC2)CCN1c1ccc(O)cc1. The molecule has 0 radical (unpaired) electrons. The predicted molar refractivity (Wildman–Crippen MR) is 107 cm³/mol. The molecule has 2 aromatic rings. The molecule has 1 atom stereocenters. The fourth-order valence-corrected chi connectivity index (χ4v) is 4.12. The number of hydrogen-bond acceptors (Lipinski definition) is 4. The van der Waals surface area contributed by atoms with Gasteiger partial charge in [0.05, 0.1) is 0 Å². The number of hydrogen-bond donors (Lipinski definition) is 2. The van der Waals surface area contributed by atoms with E-state index in [9.17, 15) is 14.7 Å². The van der Waals surface area contributed by atoms with Crippen LogP contribution < -0.4 is 10.2 Å². The van der Waals surface area contributed by atoms with Crippen LogP contribution >= 0.6 is 0 Å². The topological polar surface area (TPSA) is 72.9 Å². The number of carbonyl (C=O) groups is 2. The van der Waals surface area contributed by atoms with Gasteiger partial charge >= 0.3 is 0 Å². The second kappa shape index (κ2) is 8.02. The summed E-state index contributed by atoms with van der Waals surface area (Å²) in [5.74, 6) is 0.107. The first kappa shape index (κ1) is 18.5. The second-order valence-corrected chi connectivity index (χ2v) is 7.38. The molecule has 0 saturated carbocycles. The lowest BCUT2D eigenvalue weighted by molar-refractivity contribution is -0.145. The number of phenolic OH excluding ortho intramolecular Hbond substituents is 1. The van der Waals surface area contributed by atoms with Crippen LogP contribution in [0.15, 0.2) is 54.6 Å². The lowest BCUT2D eigenvalue weighted by Gasteiger charge is -2.42. The molecule has 6 heteroatoms. The third-order valence-corrected chi connectivity index (χ3v) is 5.62. The highest BCUT2D eigenvalue weighted by atomic mass is 16.3. The molecule has 2 aromatic carbocycles. The van der Waals surface area contributed by atoms with Crippen LogP contribution in [0.2, 0.25) is 0 Å². The van der Waals surface area contributed by atoms with Crippen molar-refractivity contribution in [3.05, 3.63) is 60.2 Å². The Kier molecular flexibility index (Phi) is 5.30. The van der Waals surface area contributed by atoms with Crippen molar-refractivity contribution in [2.45, 2.75) is 18.9 Å². The van der Waals surface area contributed by atoms with Gasteiger partial charge in [0.25, 0.3) is 5.91 Å². The van der Waals surface area contributed by atoms with E-state index in [1.165, 1.54) is 0 Å². The molecule has 2 aliphatic rings. The van der Waals surface area contributed by atoms with Gasteiger partial charge < -0.3 is 20.2 Å². The summed E-state index contributed by atoms with van der Waals surface area (Å²) in [6.07, 6.45) is 1.62. The summed E-state index contributed by atoms with van der Waals surface area (Å²) in [5.41, 5.74) is 1.57. The summed E-state index contributed by atoms with van der Waals surface area (Å²) in [5, 5.41) is 12.8. The number of amides is 2. The third-order valence-electron chi connectivity index (χ3n) is 5.62. The molecule has 0 aliphatic carbocycles. The lowest BCUT2D eigenvalue weighted by atomic mass is 9.93. The molecule has 146 valence electrons. The van der Waals surface area contributed by atoms with Crippen LogP contribution in [-0.4, -0.2) is 48.0 Å². The number of nitrogens with zero attached hydrogens (tertiary/aromatic N) is 2. The van der Waals surface area contributed by atoms with Crippen molar-refractivity contribution in [2.75, 3.05) is 31.1 Å². The molecule has 2 heterocycles. The molecule has 1 unspecified atom stereocenters. The summed E-state index contributed by atoms with van der Waals surface area (Å²) in [7, 11) is 0. The van der Waals surface area contributed by atoms with Gasteiger partial charge in [0, 0.05) is 24.7 Å². The summed E-state index contributed by atoms with van der Waals surface area (Å²) < 4.78 is 0. The molecule has 2 saturated heterocycles. The van der Waals surface area contributed by atoms with Crippen LogP contribution in [0.4, 0.5) is 5.69 Å². The maximum absolute atomic E-state index is 13.5. The number of phenols is 1. The number of piperazine rings is 1. The maximum Gasteiger partial charge on any atom is 0.254 e.